The van der Waals surface area contributed by atoms with E-state index in [4.69, 9.17) is 9.31 Å². The standard InChI is InChI=1S/C34H29BO2/c1-33(2)34(3,4)37-35(36-33)32-18-10-16-25-27(15-9-17-29(25)32)31-21-30-23-12-6-5-11-22(23)19-20-28(30)24-13-7-8-14-26(24)31/h5-21H,1-4H3. The van der Waals surface area contributed by atoms with Crippen molar-refractivity contribution in [1.82, 2.24) is 0 Å². The third-order valence-electron chi connectivity index (χ3n) is 8.52. The highest BCUT2D eigenvalue weighted by molar-refractivity contribution is 6.65. The van der Waals surface area contributed by atoms with E-state index in [2.05, 4.69) is 131 Å². The molecule has 7 rings (SSSR count). The molecule has 0 radical (unpaired) electrons. The molecule has 0 aliphatic carbocycles. The van der Waals surface area contributed by atoms with Gasteiger partial charge in [0.2, 0.25) is 0 Å². The van der Waals surface area contributed by atoms with Crippen LogP contribution in [-0.2, 0) is 9.31 Å². The summed E-state index contributed by atoms with van der Waals surface area (Å²) < 4.78 is 12.9. The van der Waals surface area contributed by atoms with Crippen LogP contribution in [0.3, 0.4) is 0 Å². The zero-order valence-electron chi connectivity index (χ0n) is 21.7. The first-order valence-corrected chi connectivity index (χ1v) is 13.0. The summed E-state index contributed by atoms with van der Waals surface area (Å²) in [7, 11) is -0.402. The van der Waals surface area contributed by atoms with Crippen LogP contribution < -0.4 is 5.46 Å². The fourth-order valence-electron chi connectivity index (χ4n) is 5.83. The van der Waals surface area contributed by atoms with Gasteiger partial charge in [-0.3, -0.25) is 0 Å². The van der Waals surface area contributed by atoms with Crippen molar-refractivity contribution >= 4 is 55.7 Å². The summed E-state index contributed by atoms with van der Waals surface area (Å²) in [6, 6.07) is 37.4. The Hall–Kier alpha value is -3.66. The first-order chi connectivity index (χ1) is 17.8. The zero-order chi connectivity index (χ0) is 25.4. The molecule has 0 unspecified atom stereocenters. The highest BCUT2D eigenvalue weighted by Gasteiger charge is 2.52. The van der Waals surface area contributed by atoms with Crippen LogP contribution in [0.1, 0.15) is 27.7 Å². The van der Waals surface area contributed by atoms with Crippen molar-refractivity contribution in [1.29, 1.82) is 0 Å². The number of fused-ring (bicyclic) bond motifs is 6. The summed E-state index contributed by atoms with van der Waals surface area (Å²) in [6.45, 7) is 8.42. The number of rotatable bonds is 2. The average Bonchev–Trinajstić information content (AvgIpc) is 3.13. The number of benzene rings is 6. The van der Waals surface area contributed by atoms with Gasteiger partial charge >= 0.3 is 7.12 Å². The second-order valence-electron chi connectivity index (χ2n) is 11.2. The van der Waals surface area contributed by atoms with E-state index in [-0.39, 0.29) is 11.2 Å². The largest absolute Gasteiger partial charge is 0.495 e. The molecule has 1 fully saturated rings. The molecule has 0 atom stereocenters. The van der Waals surface area contributed by atoms with Crippen LogP contribution in [0, 0.1) is 0 Å². The van der Waals surface area contributed by atoms with Gasteiger partial charge in [-0.1, -0.05) is 97.1 Å². The molecule has 6 aromatic carbocycles. The van der Waals surface area contributed by atoms with Crippen molar-refractivity contribution in [2.45, 2.75) is 38.9 Å². The van der Waals surface area contributed by atoms with Crippen molar-refractivity contribution in [3.8, 4) is 11.1 Å². The second-order valence-corrected chi connectivity index (χ2v) is 11.2. The van der Waals surface area contributed by atoms with Gasteiger partial charge in [0.25, 0.3) is 0 Å². The van der Waals surface area contributed by atoms with Crippen LogP contribution in [-0.4, -0.2) is 18.3 Å². The molecule has 0 aromatic heterocycles. The third kappa shape index (κ3) is 3.35. The van der Waals surface area contributed by atoms with Crippen LogP contribution in [0.2, 0.25) is 0 Å². The lowest BCUT2D eigenvalue weighted by atomic mass is 9.75. The Labute approximate surface area is 218 Å². The lowest BCUT2D eigenvalue weighted by Gasteiger charge is -2.32. The molecule has 0 N–H and O–H groups in total. The maximum atomic E-state index is 6.46. The van der Waals surface area contributed by atoms with Crippen molar-refractivity contribution in [3.05, 3.63) is 103 Å². The third-order valence-corrected chi connectivity index (χ3v) is 8.52. The molecular weight excluding hydrogens is 451 g/mol. The van der Waals surface area contributed by atoms with Gasteiger partial charge in [0.1, 0.15) is 0 Å². The Morgan fingerprint density at radius 2 is 1.03 bits per heavy atom. The fourth-order valence-corrected chi connectivity index (χ4v) is 5.83. The smallest absolute Gasteiger partial charge is 0.399 e. The minimum atomic E-state index is -0.402. The van der Waals surface area contributed by atoms with Crippen molar-refractivity contribution in [3.63, 3.8) is 0 Å². The van der Waals surface area contributed by atoms with Crippen LogP contribution in [0.15, 0.2) is 103 Å². The average molecular weight is 480 g/mol. The monoisotopic (exact) mass is 480 g/mol. The highest BCUT2D eigenvalue weighted by atomic mass is 16.7. The van der Waals surface area contributed by atoms with Crippen molar-refractivity contribution < 1.29 is 9.31 Å². The summed E-state index contributed by atoms with van der Waals surface area (Å²) in [5.74, 6) is 0. The van der Waals surface area contributed by atoms with Gasteiger partial charge in [0.15, 0.2) is 0 Å². The molecule has 3 heteroatoms. The normalized spacial score (nSPS) is 16.8. The molecule has 37 heavy (non-hydrogen) atoms. The molecule has 0 bridgehead atoms. The fraction of sp³-hybridized carbons (Fsp3) is 0.176. The van der Waals surface area contributed by atoms with Crippen molar-refractivity contribution in [2.24, 2.45) is 0 Å². The Morgan fingerprint density at radius 3 is 1.81 bits per heavy atom. The van der Waals surface area contributed by atoms with E-state index in [0.717, 1.165) is 5.46 Å². The minimum absolute atomic E-state index is 0.382. The first kappa shape index (κ1) is 22.5. The Balaban J connectivity index is 1.51. The Morgan fingerprint density at radius 1 is 0.459 bits per heavy atom. The van der Waals surface area contributed by atoms with Gasteiger partial charge in [-0.2, -0.15) is 0 Å². The number of hydrogen-bond acceptors (Lipinski definition) is 2. The summed E-state index contributed by atoms with van der Waals surface area (Å²) in [5.41, 5.74) is 2.78. The molecule has 6 aromatic rings. The predicted octanol–water partition coefficient (Wildman–Crippen LogP) is 8.27. The molecule has 0 amide bonds. The van der Waals surface area contributed by atoms with Gasteiger partial charge in [0.05, 0.1) is 11.2 Å². The van der Waals surface area contributed by atoms with E-state index in [1.165, 1.54) is 54.2 Å². The van der Waals surface area contributed by atoms with E-state index < -0.39 is 7.12 Å². The maximum absolute atomic E-state index is 6.46. The molecule has 1 saturated heterocycles. The quantitative estimate of drug-likeness (QED) is 0.183. The van der Waals surface area contributed by atoms with Gasteiger partial charge in [-0.25, -0.2) is 0 Å². The van der Waals surface area contributed by atoms with Crippen LogP contribution in [0.25, 0.3) is 54.2 Å². The second kappa shape index (κ2) is 7.92. The SMILES string of the molecule is CC1(C)OB(c2cccc3c(-c4cc5c6ccccc6ccc5c5ccccc45)cccc23)OC1(C)C. The maximum Gasteiger partial charge on any atom is 0.495 e. The van der Waals surface area contributed by atoms with Crippen LogP contribution >= 0.6 is 0 Å². The molecule has 1 heterocycles. The van der Waals surface area contributed by atoms with E-state index >= 15 is 0 Å². The summed E-state index contributed by atoms with van der Waals surface area (Å²) in [4.78, 5) is 0. The van der Waals surface area contributed by atoms with E-state index in [1.807, 2.05) is 0 Å². The van der Waals surface area contributed by atoms with E-state index in [9.17, 15) is 0 Å². The van der Waals surface area contributed by atoms with Gasteiger partial charge in [0, 0.05) is 0 Å². The molecule has 1 aliphatic rings. The summed E-state index contributed by atoms with van der Waals surface area (Å²) in [5, 5.41) is 10.0. The van der Waals surface area contributed by atoms with Gasteiger partial charge in [-0.05, 0) is 93.4 Å². The Kier molecular flexibility index (Phi) is 4.82. The molecule has 1 aliphatic heterocycles. The molecule has 0 saturated carbocycles. The van der Waals surface area contributed by atoms with Gasteiger partial charge < -0.3 is 9.31 Å². The zero-order valence-corrected chi connectivity index (χ0v) is 21.7. The molecular formula is C34H29BO2. The molecule has 180 valence electrons. The van der Waals surface area contributed by atoms with Crippen LogP contribution in [0.5, 0.6) is 0 Å². The van der Waals surface area contributed by atoms with Gasteiger partial charge in [-0.15, -0.1) is 0 Å². The van der Waals surface area contributed by atoms with Crippen LogP contribution in [0.4, 0.5) is 0 Å². The van der Waals surface area contributed by atoms with E-state index in [1.54, 1.807) is 0 Å². The number of hydrogen-bond donors (Lipinski definition) is 0. The lowest BCUT2D eigenvalue weighted by Crippen LogP contribution is -2.41. The minimum Gasteiger partial charge on any atom is -0.399 e. The predicted molar refractivity (Wildman–Crippen MR) is 158 cm³/mol. The van der Waals surface area contributed by atoms with E-state index in [0.29, 0.717) is 0 Å². The molecule has 0 spiro atoms. The van der Waals surface area contributed by atoms with Crippen molar-refractivity contribution in [2.75, 3.05) is 0 Å². The summed E-state index contributed by atoms with van der Waals surface area (Å²) in [6.07, 6.45) is 0. The topological polar surface area (TPSA) is 18.5 Å². The highest BCUT2D eigenvalue weighted by Crippen LogP contribution is 2.41. The molecule has 2 nitrogen and oxygen atoms in total. The lowest BCUT2D eigenvalue weighted by molar-refractivity contribution is 0.00578. The Bertz CT molecular complexity index is 1830. The summed E-state index contributed by atoms with van der Waals surface area (Å²) >= 11 is 0. The first-order valence-electron chi connectivity index (χ1n) is 13.0.